The topological polar surface area (TPSA) is 32.9 Å². The molecule has 1 N–H and O–H groups in total. The molecule has 0 unspecified atom stereocenters. The van der Waals surface area contributed by atoms with Crippen molar-refractivity contribution in [2.75, 3.05) is 11.5 Å². The predicted octanol–water partition coefficient (Wildman–Crippen LogP) is 3.12. The maximum atomic E-state index is 11.6. The van der Waals surface area contributed by atoms with E-state index in [1.807, 2.05) is 12.1 Å². The molecule has 0 spiro atoms. The van der Waals surface area contributed by atoms with Crippen LogP contribution in [0.4, 0.5) is 0 Å². The molecule has 0 saturated heterocycles. The lowest BCUT2D eigenvalue weighted by Gasteiger charge is -2.06. The molecule has 0 amide bonds. The number of carbonyl (C=O) groups excluding carboxylic acids is 1. The van der Waals surface area contributed by atoms with Crippen LogP contribution in [0.5, 0.6) is 0 Å². The van der Waals surface area contributed by atoms with Crippen LogP contribution in [-0.4, -0.2) is 22.3 Å². The number of nitrogens with one attached hydrogen (secondary N) is 1. The fraction of sp³-hybridized carbons (Fsp3) is 0.583. The average Bonchev–Trinajstić information content (AvgIpc) is 2.90. The molecule has 0 bridgehead atoms. The van der Waals surface area contributed by atoms with Gasteiger partial charge >= 0.3 is 0 Å². The minimum atomic E-state index is 0.225. The molecule has 1 fully saturated rings. The van der Waals surface area contributed by atoms with Gasteiger partial charge in [-0.25, -0.2) is 0 Å². The van der Waals surface area contributed by atoms with Crippen molar-refractivity contribution in [1.29, 1.82) is 0 Å². The monoisotopic (exact) mass is 223 g/mol. The van der Waals surface area contributed by atoms with E-state index in [2.05, 4.69) is 4.98 Å². The van der Waals surface area contributed by atoms with E-state index in [-0.39, 0.29) is 5.78 Å². The summed E-state index contributed by atoms with van der Waals surface area (Å²) in [5.74, 6) is 2.87. The number of Topliss-reactive ketones (excluding diaryl/α,β-unsaturated/α-hetero) is 1. The van der Waals surface area contributed by atoms with Crippen LogP contribution >= 0.6 is 11.8 Å². The van der Waals surface area contributed by atoms with Gasteiger partial charge in [-0.3, -0.25) is 4.79 Å². The lowest BCUT2D eigenvalue weighted by atomic mass is 10.1. The van der Waals surface area contributed by atoms with Crippen LogP contribution in [0.25, 0.3) is 0 Å². The summed E-state index contributed by atoms with van der Waals surface area (Å²) >= 11 is 1.79. The van der Waals surface area contributed by atoms with Crippen molar-refractivity contribution in [2.45, 2.75) is 25.7 Å². The van der Waals surface area contributed by atoms with Crippen LogP contribution in [0, 0.1) is 5.92 Å². The molecule has 15 heavy (non-hydrogen) atoms. The molecule has 1 aromatic rings. The van der Waals surface area contributed by atoms with Crippen LogP contribution in [0.1, 0.15) is 36.2 Å². The number of ketones is 1. The Morgan fingerprint density at radius 2 is 2.27 bits per heavy atom. The lowest BCUT2D eigenvalue weighted by Crippen LogP contribution is -2.05. The Kier molecular flexibility index (Phi) is 3.89. The van der Waals surface area contributed by atoms with Crippen molar-refractivity contribution in [3.8, 4) is 0 Å². The maximum Gasteiger partial charge on any atom is 0.188 e. The number of aromatic amines is 1. The number of carbonyl (C=O) groups is 1. The van der Waals surface area contributed by atoms with Crippen molar-refractivity contribution in [3.63, 3.8) is 0 Å². The molecule has 3 heteroatoms. The summed E-state index contributed by atoms with van der Waals surface area (Å²) in [7, 11) is 0. The molecule has 2 nitrogen and oxygen atoms in total. The van der Waals surface area contributed by atoms with Crippen LogP contribution in [0.3, 0.4) is 0 Å². The zero-order valence-electron chi connectivity index (χ0n) is 8.87. The molecule has 82 valence electrons. The number of hydrogen-bond donors (Lipinski definition) is 1. The largest absolute Gasteiger partial charge is 0.359 e. The number of rotatable bonds is 5. The number of aromatic nitrogens is 1. The Labute approximate surface area is 94.8 Å². The van der Waals surface area contributed by atoms with E-state index < -0.39 is 0 Å². The molecule has 0 radical (unpaired) electrons. The second-order valence-electron chi connectivity index (χ2n) is 4.17. The highest BCUT2D eigenvalue weighted by Crippen LogP contribution is 2.27. The van der Waals surface area contributed by atoms with Crippen LogP contribution in [-0.2, 0) is 0 Å². The molecule has 1 heterocycles. The van der Waals surface area contributed by atoms with E-state index in [4.69, 9.17) is 0 Å². The van der Waals surface area contributed by atoms with Gasteiger partial charge in [0.1, 0.15) is 0 Å². The molecule has 2 rings (SSSR count). The Bertz CT molecular complexity index is 301. The van der Waals surface area contributed by atoms with Gasteiger partial charge in [0.05, 0.1) is 11.4 Å². The minimum absolute atomic E-state index is 0.225. The van der Waals surface area contributed by atoms with Gasteiger partial charge in [0.2, 0.25) is 0 Å². The summed E-state index contributed by atoms with van der Waals surface area (Å²) in [6, 6.07) is 3.72. The van der Waals surface area contributed by atoms with E-state index in [0.29, 0.717) is 5.75 Å². The molecule has 1 aliphatic rings. The third kappa shape index (κ3) is 3.13. The minimum Gasteiger partial charge on any atom is -0.359 e. The van der Waals surface area contributed by atoms with E-state index in [1.165, 1.54) is 25.7 Å². The molecule has 0 atom stereocenters. The second kappa shape index (κ2) is 5.40. The second-order valence-corrected chi connectivity index (χ2v) is 5.20. The predicted molar refractivity (Wildman–Crippen MR) is 64.4 cm³/mol. The van der Waals surface area contributed by atoms with E-state index >= 15 is 0 Å². The zero-order chi connectivity index (χ0) is 10.5. The first kappa shape index (κ1) is 10.8. The summed E-state index contributed by atoms with van der Waals surface area (Å²) in [5.41, 5.74) is 0.744. The summed E-state index contributed by atoms with van der Waals surface area (Å²) in [4.78, 5) is 14.6. The SMILES string of the molecule is O=C(CSCC1CCCC1)c1ccc[nH]1. The standard InChI is InChI=1S/C12H17NOS/c14-12(11-6-3-7-13-11)9-15-8-10-4-1-2-5-10/h3,6-7,10,13H,1-2,4-5,8-9H2. The third-order valence-corrected chi connectivity index (χ3v) is 4.13. The maximum absolute atomic E-state index is 11.6. The summed E-state index contributed by atoms with van der Waals surface area (Å²) in [5, 5.41) is 0. The van der Waals surface area contributed by atoms with Crippen LogP contribution in [0.2, 0.25) is 0 Å². The fourth-order valence-corrected chi connectivity index (χ4v) is 3.20. The van der Waals surface area contributed by atoms with Gasteiger partial charge in [0.25, 0.3) is 0 Å². The molecule has 0 aromatic carbocycles. The van der Waals surface area contributed by atoms with Gasteiger partial charge in [0.15, 0.2) is 5.78 Å². The van der Waals surface area contributed by atoms with Crippen molar-refractivity contribution in [1.82, 2.24) is 4.98 Å². The summed E-state index contributed by atoms with van der Waals surface area (Å²) in [6.45, 7) is 0. The van der Waals surface area contributed by atoms with E-state index in [1.54, 1.807) is 18.0 Å². The smallest absolute Gasteiger partial charge is 0.188 e. The van der Waals surface area contributed by atoms with Crippen LogP contribution in [0.15, 0.2) is 18.3 Å². The molecule has 0 aliphatic heterocycles. The molecular formula is C12H17NOS. The fourth-order valence-electron chi connectivity index (χ4n) is 2.08. The number of thioether (sulfide) groups is 1. The van der Waals surface area contributed by atoms with Gasteiger partial charge in [-0.15, -0.1) is 0 Å². The van der Waals surface area contributed by atoms with Gasteiger partial charge < -0.3 is 4.98 Å². The number of H-pyrrole nitrogens is 1. The van der Waals surface area contributed by atoms with Gasteiger partial charge in [-0.05, 0) is 36.6 Å². The first-order valence-corrected chi connectivity index (χ1v) is 6.76. The average molecular weight is 223 g/mol. The van der Waals surface area contributed by atoms with E-state index in [0.717, 1.165) is 17.4 Å². The highest BCUT2D eigenvalue weighted by atomic mass is 32.2. The van der Waals surface area contributed by atoms with Crippen molar-refractivity contribution in [2.24, 2.45) is 5.92 Å². The lowest BCUT2D eigenvalue weighted by molar-refractivity contribution is 0.101. The summed E-state index contributed by atoms with van der Waals surface area (Å²) in [6.07, 6.45) is 7.30. The van der Waals surface area contributed by atoms with Gasteiger partial charge in [-0.2, -0.15) is 11.8 Å². The Balaban J connectivity index is 1.67. The van der Waals surface area contributed by atoms with Crippen LogP contribution < -0.4 is 0 Å². The van der Waals surface area contributed by atoms with Gasteiger partial charge in [-0.1, -0.05) is 12.8 Å². The summed E-state index contributed by atoms with van der Waals surface area (Å²) < 4.78 is 0. The van der Waals surface area contributed by atoms with Crippen molar-refractivity contribution < 1.29 is 4.79 Å². The molecule has 1 aliphatic carbocycles. The number of hydrogen-bond acceptors (Lipinski definition) is 2. The molecule has 1 aromatic heterocycles. The molecule has 1 saturated carbocycles. The highest BCUT2D eigenvalue weighted by Gasteiger charge is 2.15. The first-order valence-electron chi connectivity index (χ1n) is 5.60. The van der Waals surface area contributed by atoms with E-state index in [9.17, 15) is 4.79 Å². The Morgan fingerprint density at radius 3 is 2.93 bits per heavy atom. The normalized spacial score (nSPS) is 17.1. The quantitative estimate of drug-likeness (QED) is 0.778. The van der Waals surface area contributed by atoms with Gasteiger partial charge in [0, 0.05) is 6.20 Å². The first-order chi connectivity index (χ1) is 7.36. The Hall–Kier alpha value is -0.700. The zero-order valence-corrected chi connectivity index (χ0v) is 9.69. The Morgan fingerprint density at radius 1 is 1.47 bits per heavy atom. The van der Waals surface area contributed by atoms with Crippen molar-refractivity contribution >= 4 is 17.5 Å². The van der Waals surface area contributed by atoms with Crippen molar-refractivity contribution in [3.05, 3.63) is 24.0 Å². The third-order valence-electron chi connectivity index (χ3n) is 2.96. The highest BCUT2D eigenvalue weighted by molar-refractivity contribution is 7.99. The molecular weight excluding hydrogens is 206 g/mol.